The van der Waals surface area contributed by atoms with Gasteiger partial charge in [-0.1, -0.05) is 12.1 Å². The average molecular weight is 551 g/mol. The summed E-state index contributed by atoms with van der Waals surface area (Å²) in [5.74, 6) is -0.928. The molecular formula is C27H23F6N3O3. The van der Waals surface area contributed by atoms with Crippen molar-refractivity contribution in [1.82, 2.24) is 4.90 Å². The minimum absolute atomic E-state index is 0.0314. The summed E-state index contributed by atoms with van der Waals surface area (Å²) in [5.41, 5.74) is -3.08. The Labute approximate surface area is 219 Å². The Bertz CT molecular complexity index is 1320. The number of amides is 2. The quantitative estimate of drug-likeness (QED) is 0.399. The Kier molecular flexibility index (Phi) is 7.75. The molecule has 0 aliphatic carbocycles. The van der Waals surface area contributed by atoms with Crippen molar-refractivity contribution in [3.8, 4) is 5.75 Å². The van der Waals surface area contributed by atoms with Gasteiger partial charge in [0, 0.05) is 37.4 Å². The number of ether oxygens (including phenoxy) is 1. The molecule has 1 saturated heterocycles. The van der Waals surface area contributed by atoms with Gasteiger partial charge in [-0.3, -0.25) is 9.59 Å². The van der Waals surface area contributed by atoms with E-state index in [2.05, 4.69) is 10.2 Å². The second-order valence-corrected chi connectivity index (χ2v) is 8.77. The summed E-state index contributed by atoms with van der Waals surface area (Å²) in [4.78, 5) is 29.7. The molecule has 1 fully saturated rings. The summed E-state index contributed by atoms with van der Waals surface area (Å²) in [6, 6.07) is 13.9. The zero-order valence-corrected chi connectivity index (χ0v) is 20.6. The molecule has 206 valence electrons. The standard InChI is InChI=1S/C27H23F6N3O3/c1-39-21-8-6-20(7-9-21)35-10-12-36(13-11-35)25(38)22-4-2-3-5-23(22)34-24(37)17-14-18(26(28,29)30)16-19(15-17)27(31,32)33/h2-9,14-16H,10-13H2,1H3,(H,34,37). The molecule has 0 bridgehead atoms. The van der Waals surface area contributed by atoms with Crippen LogP contribution in [0.2, 0.25) is 0 Å². The van der Waals surface area contributed by atoms with Crippen LogP contribution in [0.3, 0.4) is 0 Å². The normalized spacial score (nSPS) is 14.2. The van der Waals surface area contributed by atoms with E-state index in [4.69, 9.17) is 4.74 Å². The molecule has 0 unspecified atom stereocenters. The predicted molar refractivity (Wildman–Crippen MR) is 132 cm³/mol. The molecule has 1 N–H and O–H groups in total. The maximum atomic E-state index is 13.3. The molecule has 6 nitrogen and oxygen atoms in total. The molecular weight excluding hydrogens is 528 g/mol. The fraction of sp³-hybridized carbons (Fsp3) is 0.259. The van der Waals surface area contributed by atoms with Crippen LogP contribution < -0.4 is 15.0 Å². The van der Waals surface area contributed by atoms with Crippen LogP contribution in [0.25, 0.3) is 0 Å². The zero-order valence-electron chi connectivity index (χ0n) is 20.6. The van der Waals surface area contributed by atoms with Gasteiger partial charge < -0.3 is 19.9 Å². The summed E-state index contributed by atoms with van der Waals surface area (Å²) in [5, 5.41) is 2.31. The number of halogens is 6. The van der Waals surface area contributed by atoms with Gasteiger partial charge in [0.1, 0.15) is 5.75 Å². The number of anilines is 2. The van der Waals surface area contributed by atoms with E-state index >= 15 is 0 Å². The maximum absolute atomic E-state index is 13.3. The van der Waals surface area contributed by atoms with Crippen LogP contribution in [-0.4, -0.2) is 50.0 Å². The van der Waals surface area contributed by atoms with E-state index in [-0.39, 0.29) is 17.3 Å². The number of methoxy groups -OCH3 is 1. The Morgan fingerprint density at radius 2 is 1.36 bits per heavy atom. The smallest absolute Gasteiger partial charge is 0.416 e. The molecule has 3 aromatic rings. The molecule has 4 rings (SSSR count). The van der Waals surface area contributed by atoms with Crippen LogP contribution in [0.4, 0.5) is 37.7 Å². The lowest BCUT2D eigenvalue weighted by atomic mass is 10.0. The van der Waals surface area contributed by atoms with E-state index in [0.717, 1.165) is 5.69 Å². The topological polar surface area (TPSA) is 61.9 Å². The summed E-state index contributed by atoms with van der Waals surface area (Å²) >= 11 is 0. The summed E-state index contributed by atoms with van der Waals surface area (Å²) < 4.78 is 84.4. The number of nitrogens with one attached hydrogen (secondary N) is 1. The summed E-state index contributed by atoms with van der Waals surface area (Å²) in [6.07, 6.45) is -10.2. The highest BCUT2D eigenvalue weighted by Gasteiger charge is 2.37. The highest BCUT2D eigenvalue weighted by atomic mass is 19.4. The largest absolute Gasteiger partial charge is 0.497 e. The highest BCUT2D eigenvalue weighted by molar-refractivity contribution is 6.09. The number of alkyl halides is 6. The first-order valence-electron chi connectivity index (χ1n) is 11.7. The summed E-state index contributed by atoms with van der Waals surface area (Å²) in [7, 11) is 1.57. The van der Waals surface area contributed by atoms with Crippen LogP contribution in [0.5, 0.6) is 5.75 Å². The van der Waals surface area contributed by atoms with Gasteiger partial charge in [-0.15, -0.1) is 0 Å². The Morgan fingerprint density at radius 1 is 0.795 bits per heavy atom. The van der Waals surface area contributed by atoms with Crippen molar-refractivity contribution in [3.05, 3.63) is 89.0 Å². The zero-order chi connectivity index (χ0) is 28.4. The number of nitrogens with zero attached hydrogens (tertiary/aromatic N) is 2. The van der Waals surface area contributed by atoms with Crippen LogP contribution in [0, 0.1) is 0 Å². The molecule has 0 aromatic heterocycles. The van der Waals surface area contributed by atoms with Gasteiger partial charge in [0.25, 0.3) is 11.8 Å². The third-order valence-electron chi connectivity index (χ3n) is 6.26. The third kappa shape index (κ3) is 6.44. The molecule has 3 aromatic carbocycles. The van der Waals surface area contributed by atoms with E-state index in [1.807, 2.05) is 24.3 Å². The molecule has 2 amide bonds. The molecule has 0 saturated carbocycles. The first kappa shape index (κ1) is 27.8. The van der Waals surface area contributed by atoms with Gasteiger partial charge in [0.05, 0.1) is 29.5 Å². The monoisotopic (exact) mass is 551 g/mol. The molecule has 0 atom stereocenters. The van der Waals surface area contributed by atoms with Crippen molar-refractivity contribution >= 4 is 23.2 Å². The number of rotatable bonds is 5. The van der Waals surface area contributed by atoms with Gasteiger partial charge in [-0.2, -0.15) is 26.3 Å². The number of para-hydroxylation sites is 1. The number of hydrogen-bond donors (Lipinski definition) is 1. The lowest BCUT2D eigenvalue weighted by molar-refractivity contribution is -0.143. The number of carbonyl (C=O) groups excluding carboxylic acids is 2. The fourth-order valence-corrected chi connectivity index (χ4v) is 4.19. The first-order valence-corrected chi connectivity index (χ1v) is 11.7. The summed E-state index contributed by atoms with van der Waals surface area (Å²) in [6.45, 7) is 1.76. The van der Waals surface area contributed by atoms with Gasteiger partial charge in [-0.25, -0.2) is 0 Å². The molecule has 1 aliphatic rings. The first-order chi connectivity index (χ1) is 18.4. The van der Waals surface area contributed by atoms with E-state index in [0.29, 0.717) is 44.1 Å². The van der Waals surface area contributed by atoms with E-state index in [9.17, 15) is 35.9 Å². The van der Waals surface area contributed by atoms with E-state index < -0.39 is 40.9 Å². The van der Waals surface area contributed by atoms with Crippen molar-refractivity contribution in [1.29, 1.82) is 0 Å². The highest BCUT2D eigenvalue weighted by Crippen LogP contribution is 2.36. The van der Waals surface area contributed by atoms with Crippen molar-refractivity contribution in [2.75, 3.05) is 43.5 Å². The number of piperazine rings is 1. The number of carbonyl (C=O) groups is 2. The van der Waals surface area contributed by atoms with Crippen molar-refractivity contribution in [2.24, 2.45) is 0 Å². The lowest BCUT2D eigenvalue weighted by Crippen LogP contribution is -2.48. The Hall–Kier alpha value is -4.22. The second kappa shape index (κ2) is 10.9. The molecule has 12 heteroatoms. The van der Waals surface area contributed by atoms with Crippen molar-refractivity contribution < 1.29 is 40.7 Å². The second-order valence-electron chi connectivity index (χ2n) is 8.77. The van der Waals surface area contributed by atoms with Crippen LogP contribution in [0.15, 0.2) is 66.7 Å². The average Bonchev–Trinajstić information content (AvgIpc) is 2.92. The number of benzene rings is 3. The van der Waals surface area contributed by atoms with E-state index in [1.165, 1.54) is 18.2 Å². The maximum Gasteiger partial charge on any atom is 0.416 e. The predicted octanol–water partition coefficient (Wildman–Crippen LogP) is 5.95. The lowest BCUT2D eigenvalue weighted by Gasteiger charge is -2.36. The van der Waals surface area contributed by atoms with Crippen LogP contribution in [-0.2, 0) is 12.4 Å². The fourth-order valence-electron chi connectivity index (χ4n) is 4.19. The van der Waals surface area contributed by atoms with Crippen molar-refractivity contribution in [2.45, 2.75) is 12.4 Å². The van der Waals surface area contributed by atoms with Gasteiger partial charge in [0.15, 0.2) is 0 Å². The Balaban J connectivity index is 1.51. The minimum atomic E-state index is -5.10. The minimum Gasteiger partial charge on any atom is -0.497 e. The number of hydrogen-bond acceptors (Lipinski definition) is 4. The van der Waals surface area contributed by atoms with Crippen LogP contribution >= 0.6 is 0 Å². The molecule has 39 heavy (non-hydrogen) atoms. The van der Waals surface area contributed by atoms with E-state index in [1.54, 1.807) is 18.1 Å². The van der Waals surface area contributed by atoms with Gasteiger partial charge in [-0.05, 0) is 54.6 Å². The van der Waals surface area contributed by atoms with Crippen LogP contribution in [0.1, 0.15) is 31.8 Å². The molecule has 1 heterocycles. The molecule has 0 radical (unpaired) electrons. The SMILES string of the molecule is COc1ccc(N2CCN(C(=O)c3ccccc3NC(=O)c3cc(C(F)(F)F)cc(C(F)(F)F)c3)CC2)cc1. The third-order valence-corrected chi connectivity index (χ3v) is 6.26. The van der Waals surface area contributed by atoms with Gasteiger partial charge >= 0.3 is 12.4 Å². The van der Waals surface area contributed by atoms with Gasteiger partial charge in [0.2, 0.25) is 0 Å². The Morgan fingerprint density at radius 3 is 1.90 bits per heavy atom. The van der Waals surface area contributed by atoms with Crippen molar-refractivity contribution in [3.63, 3.8) is 0 Å². The molecule has 1 aliphatic heterocycles. The molecule has 0 spiro atoms.